The topological polar surface area (TPSA) is 166 Å². The number of ketones is 1. The maximum atomic E-state index is 15.2. The first-order valence-corrected chi connectivity index (χ1v) is 26.0. The number of esters is 1. The Morgan fingerprint density at radius 3 is 2.62 bits per heavy atom. The average Bonchev–Trinajstić information content (AvgIpc) is 3.68. The molecule has 1 unspecified atom stereocenters. The number of carbonyl (C=O) groups excluding carboxylic acids is 3. The van der Waals surface area contributed by atoms with Gasteiger partial charge in [-0.3, -0.25) is 18.9 Å². The van der Waals surface area contributed by atoms with Crippen molar-refractivity contribution in [2.45, 2.75) is 133 Å². The Morgan fingerprint density at radius 2 is 1.86 bits per heavy atom. The zero-order valence-corrected chi connectivity index (χ0v) is 40.0. The van der Waals surface area contributed by atoms with Gasteiger partial charge in [-0.2, -0.15) is 0 Å². The van der Waals surface area contributed by atoms with Crippen LogP contribution in [-0.2, 0) is 34.6 Å². The number of pyridine rings is 1. The Labute approximate surface area is 388 Å². The number of halogens is 2. The van der Waals surface area contributed by atoms with Gasteiger partial charge in [-0.25, -0.2) is 14.4 Å². The number of hydrogen-bond donors (Lipinski definition) is 2. The van der Waals surface area contributed by atoms with E-state index in [1.807, 2.05) is 19.2 Å². The van der Waals surface area contributed by atoms with Gasteiger partial charge in [0.25, 0.3) is 0 Å². The normalized spacial score (nSPS) is 25.4. The molecule has 2 aromatic heterocycles. The molecule has 17 heteroatoms. The number of rotatable bonds is 12. The Kier molecular flexibility index (Phi) is 14.6. The van der Waals surface area contributed by atoms with Gasteiger partial charge >= 0.3 is 5.97 Å². The minimum Gasteiger partial charge on any atom is -0.495 e. The van der Waals surface area contributed by atoms with Crippen molar-refractivity contribution >= 4 is 64.0 Å². The first kappa shape index (κ1) is 47.4. The quantitative estimate of drug-likeness (QED) is 0.102. The Morgan fingerprint density at radius 1 is 1.08 bits per heavy atom. The van der Waals surface area contributed by atoms with Gasteiger partial charge in [-0.1, -0.05) is 36.6 Å². The van der Waals surface area contributed by atoms with Crippen LogP contribution in [0.5, 0.6) is 11.5 Å². The lowest BCUT2D eigenvalue weighted by Gasteiger charge is -2.30. The summed E-state index contributed by atoms with van der Waals surface area (Å²) in [5, 5.41) is 5.48. The molecule has 4 heterocycles. The third-order valence-electron chi connectivity index (χ3n) is 13.6. The highest BCUT2D eigenvalue weighted by Gasteiger charge is 2.66. The molecule has 65 heavy (non-hydrogen) atoms. The second-order valence-electron chi connectivity index (χ2n) is 18.6. The molecule has 4 aliphatic rings. The van der Waals surface area contributed by atoms with Crippen LogP contribution in [0.25, 0.3) is 22.3 Å². The van der Waals surface area contributed by atoms with E-state index in [2.05, 4.69) is 5.32 Å². The largest absolute Gasteiger partial charge is 0.495 e. The molecule has 4 aromatic rings. The van der Waals surface area contributed by atoms with Crippen LogP contribution in [0.2, 0.25) is 5.02 Å². The molecule has 2 aliphatic heterocycles. The minimum atomic E-state index is -4.22. The van der Waals surface area contributed by atoms with Gasteiger partial charge in [0.05, 0.1) is 61.2 Å². The number of anilines is 1. The number of fused-ring (bicyclic) bond motifs is 3. The number of carbonyl (C=O) groups is 3. The SMILES string of the molecule is COc1ccc2c(O[C@@H]3C[C@H]4C(=O)C[C@]5(P(=O)(O)Cc6c(C)cccc6F)C[C@H]5CCCCCOC[C@H](CC(=O)OC5CCCC5)C(=O)N4C3)cc(-c3csc(NC(C)C)n3)nc2c1Cl. The molecule has 2 aliphatic carbocycles. The second-order valence-corrected chi connectivity index (χ2v) is 22.4. The molecule has 2 saturated carbocycles. The highest BCUT2D eigenvalue weighted by atomic mass is 35.5. The lowest BCUT2D eigenvalue weighted by atomic mass is 9.99. The highest BCUT2D eigenvalue weighted by Crippen LogP contribution is 2.75. The van der Waals surface area contributed by atoms with Crippen LogP contribution >= 0.6 is 30.3 Å². The fraction of sp³-hybridized carbons (Fsp3) is 0.562. The van der Waals surface area contributed by atoms with E-state index < -0.39 is 54.4 Å². The zero-order chi connectivity index (χ0) is 46.0. The third-order valence-corrected chi connectivity index (χ3v) is 17.6. The van der Waals surface area contributed by atoms with Crippen molar-refractivity contribution in [3.05, 3.63) is 63.7 Å². The second kappa shape index (κ2) is 20.0. The summed E-state index contributed by atoms with van der Waals surface area (Å²) in [5.41, 5.74) is 2.22. The van der Waals surface area contributed by atoms with Gasteiger partial charge in [0.2, 0.25) is 13.3 Å². The molecule has 2 saturated heterocycles. The van der Waals surface area contributed by atoms with Crippen molar-refractivity contribution in [2.75, 3.05) is 32.2 Å². The number of Topliss-reactive ketones (excluding diaryl/α,β-unsaturated/α-hetero) is 1. The van der Waals surface area contributed by atoms with Gasteiger partial charge in [-0.05, 0) is 95.4 Å². The number of nitrogens with zero attached hydrogens (tertiary/aromatic N) is 3. The molecule has 0 radical (unpaired) electrons. The molecule has 8 rings (SSSR count). The monoisotopic (exact) mass is 952 g/mol. The number of hydrogen-bond acceptors (Lipinski definition) is 12. The van der Waals surface area contributed by atoms with Gasteiger partial charge in [-0.15, -0.1) is 11.3 Å². The molecule has 1 amide bonds. The first-order chi connectivity index (χ1) is 31.2. The minimum absolute atomic E-state index is 0.0206. The van der Waals surface area contributed by atoms with E-state index in [4.69, 9.17) is 40.5 Å². The van der Waals surface area contributed by atoms with Crippen molar-refractivity contribution in [2.24, 2.45) is 11.8 Å². The average molecular weight is 954 g/mol. The van der Waals surface area contributed by atoms with Crippen LogP contribution in [0.3, 0.4) is 0 Å². The summed E-state index contributed by atoms with van der Waals surface area (Å²) in [4.78, 5) is 66.6. The summed E-state index contributed by atoms with van der Waals surface area (Å²) < 4.78 is 54.3. The van der Waals surface area contributed by atoms with Crippen molar-refractivity contribution in [3.8, 4) is 22.9 Å². The number of thiazole rings is 1. The first-order valence-electron chi connectivity index (χ1n) is 22.9. The predicted molar refractivity (Wildman–Crippen MR) is 249 cm³/mol. The van der Waals surface area contributed by atoms with E-state index >= 15 is 9.18 Å². The molecule has 2 aromatic carbocycles. The van der Waals surface area contributed by atoms with Crippen LogP contribution in [0.4, 0.5) is 9.52 Å². The van der Waals surface area contributed by atoms with Gasteiger partial charge < -0.3 is 34.1 Å². The number of ether oxygens (including phenoxy) is 4. The van der Waals surface area contributed by atoms with Crippen molar-refractivity contribution in [1.82, 2.24) is 14.9 Å². The number of aromatic nitrogens is 2. The van der Waals surface area contributed by atoms with Gasteiger partial charge in [0.15, 0.2) is 10.9 Å². The smallest absolute Gasteiger partial charge is 0.306 e. The third kappa shape index (κ3) is 10.4. The van der Waals surface area contributed by atoms with Gasteiger partial charge in [0, 0.05) is 47.9 Å². The van der Waals surface area contributed by atoms with E-state index in [1.54, 1.807) is 37.3 Å². The molecule has 6 atom stereocenters. The summed E-state index contributed by atoms with van der Waals surface area (Å²) in [6.07, 6.45) is 4.93. The summed E-state index contributed by atoms with van der Waals surface area (Å²) in [7, 11) is -2.70. The summed E-state index contributed by atoms with van der Waals surface area (Å²) in [6, 6.07) is 8.94. The van der Waals surface area contributed by atoms with E-state index in [1.165, 1.54) is 29.4 Å². The Balaban J connectivity index is 1.14. The van der Waals surface area contributed by atoms with Crippen molar-refractivity contribution < 1.29 is 47.2 Å². The molecule has 0 bridgehead atoms. The molecular formula is C48H59ClFN4O9PS. The number of aryl methyl sites for hydroxylation is 1. The summed E-state index contributed by atoms with van der Waals surface area (Å²) in [6.45, 7) is 6.05. The molecule has 350 valence electrons. The Bertz CT molecular complexity index is 2450. The van der Waals surface area contributed by atoms with E-state index in [0.717, 1.165) is 38.5 Å². The predicted octanol–water partition coefficient (Wildman–Crippen LogP) is 9.91. The van der Waals surface area contributed by atoms with Gasteiger partial charge in [0.1, 0.15) is 40.2 Å². The van der Waals surface area contributed by atoms with Crippen molar-refractivity contribution in [3.63, 3.8) is 0 Å². The molecule has 2 N–H and O–H groups in total. The maximum Gasteiger partial charge on any atom is 0.306 e. The summed E-state index contributed by atoms with van der Waals surface area (Å²) >= 11 is 8.33. The number of benzene rings is 2. The van der Waals surface area contributed by atoms with Crippen LogP contribution in [0, 0.1) is 24.6 Å². The molecular weight excluding hydrogens is 894 g/mol. The van der Waals surface area contributed by atoms with E-state index in [0.29, 0.717) is 70.4 Å². The van der Waals surface area contributed by atoms with E-state index in [9.17, 15) is 19.0 Å². The Hall–Kier alpha value is -4.14. The fourth-order valence-corrected chi connectivity index (χ4v) is 13.9. The van der Waals surface area contributed by atoms with Crippen LogP contribution < -0.4 is 14.8 Å². The zero-order valence-electron chi connectivity index (χ0n) is 37.5. The molecule has 4 fully saturated rings. The summed E-state index contributed by atoms with van der Waals surface area (Å²) in [5.74, 6) is -2.26. The maximum absolute atomic E-state index is 15.2. The van der Waals surface area contributed by atoms with Crippen LogP contribution in [0.15, 0.2) is 41.8 Å². The number of amides is 1. The molecule has 13 nitrogen and oxygen atoms in total. The van der Waals surface area contributed by atoms with Crippen LogP contribution in [-0.4, -0.2) is 93.7 Å². The molecule has 0 spiro atoms. The fourth-order valence-electron chi connectivity index (χ4n) is 9.97. The standard InChI is InChI=1S/C48H59ClFN4O9PS/c1-28(2)51-47-53-38(27-65-47)37-21-42(34-16-17-41(60-4)44(49)45(34)52-37)62-33-20-39-40(55)23-48(64(58,59)26-35-29(3)11-10-15-36(35)50)22-31(48)12-6-5-9-18-61-25-30(46(57)54(39)24-33)19-43(56)63-32-13-7-8-14-32/h10-11,15-17,21,27-28,30-33,39H,5-9,12-14,18-20,22-26H2,1-4H3,(H,51,53)(H,58,59)/t30-,31+,33+,39-,48+/m0/s1. The number of methoxy groups -OCH3 is 1. The van der Waals surface area contributed by atoms with E-state index in [-0.39, 0.29) is 66.8 Å². The van der Waals surface area contributed by atoms with Crippen molar-refractivity contribution in [1.29, 1.82) is 0 Å². The lowest BCUT2D eigenvalue weighted by Crippen LogP contribution is -2.46. The number of nitrogens with one attached hydrogen (secondary N) is 1. The lowest BCUT2D eigenvalue weighted by molar-refractivity contribution is -0.155. The van der Waals surface area contributed by atoms with Crippen LogP contribution in [0.1, 0.15) is 102 Å². The highest BCUT2D eigenvalue weighted by molar-refractivity contribution is 7.59.